The maximum Gasteiger partial charge on any atom is 0.267 e. The minimum Gasteiger partial charge on any atom is -0.351 e. The molecule has 0 saturated carbocycles. The topological polar surface area (TPSA) is 48.1 Å². The minimum atomic E-state index is -0.284. The summed E-state index contributed by atoms with van der Waals surface area (Å²) >= 11 is 0. The summed E-state index contributed by atoms with van der Waals surface area (Å²) in [6.07, 6.45) is 6.29. The summed E-state index contributed by atoms with van der Waals surface area (Å²) in [5.41, 5.74) is 1.30. The van der Waals surface area contributed by atoms with E-state index in [0.717, 1.165) is 17.4 Å². The van der Waals surface area contributed by atoms with Gasteiger partial charge in [-0.1, -0.05) is 6.42 Å². The number of rotatable bonds is 3. The SMILES string of the molecule is O=C(NC[C@@H]1CCCN2CCCC[C@H]12)c1cc2cc(F)ccc2[nH]1. The molecule has 0 unspecified atom stereocenters. The first kappa shape index (κ1) is 15.6. The predicted molar refractivity (Wildman–Crippen MR) is 92.5 cm³/mol. The Bertz CT molecular complexity index is 739. The number of carbonyl (C=O) groups is 1. The molecule has 4 rings (SSSR count). The molecule has 2 N–H and O–H groups in total. The fourth-order valence-corrected chi connectivity index (χ4v) is 4.36. The molecule has 1 amide bonds. The molecule has 2 aliphatic rings. The van der Waals surface area contributed by atoms with E-state index in [1.807, 2.05) is 0 Å². The number of piperidine rings is 2. The van der Waals surface area contributed by atoms with Crippen molar-refractivity contribution in [2.45, 2.75) is 38.1 Å². The zero-order valence-corrected chi connectivity index (χ0v) is 13.9. The molecule has 0 aliphatic carbocycles. The minimum absolute atomic E-state index is 0.0976. The second kappa shape index (κ2) is 6.55. The van der Waals surface area contributed by atoms with Gasteiger partial charge in [0.15, 0.2) is 0 Å². The molecule has 4 nitrogen and oxygen atoms in total. The van der Waals surface area contributed by atoms with Gasteiger partial charge in [-0.15, -0.1) is 0 Å². The highest BCUT2D eigenvalue weighted by Crippen LogP contribution is 2.30. The summed E-state index contributed by atoms with van der Waals surface area (Å²) in [7, 11) is 0. The molecule has 2 atom stereocenters. The van der Waals surface area contributed by atoms with E-state index in [0.29, 0.717) is 17.7 Å². The number of hydrogen-bond acceptors (Lipinski definition) is 2. The predicted octanol–water partition coefficient (Wildman–Crippen LogP) is 3.30. The van der Waals surface area contributed by atoms with Crippen molar-refractivity contribution in [2.24, 2.45) is 5.92 Å². The van der Waals surface area contributed by atoms with Crippen molar-refractivity contribution in [3.63, 3.8) is 0 Å². The fraction of sp³-hybridized carbons (Fsp3) is 0.526. The number of benzene rings is 1. The van der Waals surface area contributed by atoms with E-state index in [2.05, 4.69) is 15.2 Å². The monoisotopic (exact) mass is 329 g/mol. The third-order valence-corrected chi connectivity index (χ3v) is 5.58. The molecule has 1 aromatic carbocycles. The first-order chi connectivity index (χ1) is 11.7. The van der Waals surface area contributed by atoms with Gasteiger partial charge in [-0.05, 0) is 69.0 Å². The summed E-state index contributed by atoms with van der Waals surface area (Å²) in [6.45, 7) is 3.15. The van der Waals surface area contributed by atoms with Gasteiger partial charge in [0.1, 0.15) is 11.5 Å². The van der Waals surface area contributed by atoms with Crippen molar-refractivity contribution in [3.8, 4) is 0 Å². The molecule has 128 valence electrons. The lowest BCUT2D eigenvalue weighted by Gasteiger charge is -2.44. The molecule has 5 heteroatoms. The Labute approximate surface area is 141 Å². The van der Waals surface area contributed by atoms with E-state index < -0.39 is 0 Å². The first-order valence-corrected chi connectivity index (χ1v) is 9.01. The van der Waals surface area contributed by atoms with Crippen LogP contribution in [0.5, 0.6) is 0 Å². The van der Waals surface area contributed by atoms with Crippen molar-refractivity contribution in [3.05, 3.63) is 35.8 Å². The van der Waals surface area contributed by atoms with Crippen LogP contribution in [-0.4, -0.2) is 41.5 Å². The van der Waals surface area contributed by atoms with Gasteiger partial charge < -0.3 is 15.2 Å². The second-order valence-electron chi connectivity index (χ2n) is 7.13. The number of nitrogens with one attached hydrogen (secondary N) is 2. The Hall–Kier alpha value is -1.88. The number of hydrogen-bond donors (Lipinski definition) is 2. The van der Waals surface area contributed by atoms with Crippen LogP contribution in [0, 0.1) is 11.7 Å². The van der Waals surface area contributed by atoms with Crippen LogP contribution < -0.4 is 5.32 Å². The number of carbonyl (C=O) groups excluding carboxylic acids is 1. The van der Waals surface area contributed by atoms with Crippen LogP contribution >= 0.6 is 0 Å². The van der Waals surface area contributed by atoms with Crippen LogP contribution in [-0.2, 0) is 0 Å². The number of nitrogens with zero attached hydrogens (tertiary/aromatic N) is 1. The molecule has 0 radical (unpaired) electrons. The average Bonchev–Trinajstić information content (AvgIpc) is 3.03. The quantitative estimate of drug-likeness (QED) is 0.908. The van der Waals surface area contributed by atoms with E-state index in [9.17, 15) is 9.18 Å². The van der Waals surface area contributed by atoms with Crippen LogP contribution in [0.25, 0.3) is 10.9 Å². The van der Waals surface area contributed by atoms with Crippen molar-refractivity contribution >= 4 is 16.8 Å². The average molecular weight is 329 g/mol. The Kier molecular flexibility index (Phi) is 4.27. The maximum atomic E-state index is 13.3. The van der Waals surface area contributed by atoms with Crippen LogP contribution in [0.3, 0.4) is 0 Å². The lowest BCUT2D eigenvalue weighted by molar-refractivity contribution is 0.0575. The Morgan fingerprint density at radius 1 is 1.21 bits per heavy atom. The summed E-state index contributed by atoms with van der Waals surface area (Å²) in [5, 5.41) is 3.82. The van der Waals surface area contributed by atoms with Crippen LogP contribution in [0.2, 0.25) is 0 Å². The molecule has 0 bridgehead atoms. The zero-order chi connectivity index (χ0) is 16.5. The van der Waals surface area contributed by atoms with Crippen molar-refractivity contribution in [1.82, 2.24) is 15.2 Å². The molecule has 1 aromatic heterocycles. The van der Waals surface area contributed by atoms with E-state index in [4.69, 9.17) is 0 Å². The summed E-state index contributed by atoms with van der Waals surface area (Å²) in [4.78, 5) is 18.1. The Morgan fingerprint density at radius 3 is 3.00 bits per heavy atom. The van der Waals surface area contributed by atoms with E-state index in [1.165, 1.54) is 57.3 Å². The molecule has 2 aromatic rings. The van der Waals surface area contributed by atoms with Crippen LogP contribution in [0.4, 0.5) is 4.39 Å². The molecule has 2 saturated heterocycles. The fourth-order valence-electron chi connectivity index (χ4n) is 4.36. The molecule has 3 heterocycles. The maximum absolute atomic E-state index is 13.3. The summed E-state index contributed by atoms with van der Waals surface area (Å²) < 4.78 is 13.3. The van der Waals surface area contributed by atoms with Gasteiger partial charge in [0.25, 0.3) is 5.91 Å². The molecule has 2 fully saturated rings. The summed E-state index contributed by atoms with van der Waals surface area (Å²) in [6, 6.07) is 6.87. The largest absolute Gasteiger partial charge is 0.351 e. The van der Waals surface area contributed by atoms with Crippen LogP contribution in [0.1, 0.15) is 42.6 Å². The normalized spacial score (nSPS) is 24.7. The number of aromatic nitrogens is 1. The number of H-pyrrole nitrogens is 1. The molecule has 0 spiro atoms. The third-order valence-electron chi connectivity index (χ3n) is 5.58. The van der Waals surface area contributed by atoms with E-state index in [1.54, 1.807) is 12.1 Å². The second-order valence-corrected chi connectivity index (χ2v) is 7.13. The Morgan fingerprint density at radius 2 is 2.08 bits per heavy atom. The Balaban J connectivity index is 1.41. The number of fused-ring (bicyclic) bond motifs is 2. The smallest absolute Gasteiger partial charge is 0.267 e. The molecular weight excluding hydrogens is 305 g/mol. The first-order valence-electron chi connectivity index (χ1n) is 9.01. The van der Waals surface area contributed by atoms with Gasteiger partial charge in [0.05, 0.1) is 0 Å². The standard InChI is InChI=1S/C19H24FN3O/c20-15-6-7-16-14(10-15)11-17(22-16)19(24)21-12-13-4-3-9-23-8-2-1-5-18(13)23/h6-7,10-11,13,18,22H,1-5,8-9,12H2,(H,21,24)/t13-,18+/m0/s1. The number of aromatic amines is 1. The van der Waals surface area contributed by atoms with Gasteiger partial charge in [-0.25, -0.2) is 4.39 Å². The van der Waals surface area contributed by atoms with Crippen LogP contribution in [0.15, 0.2) is 24.3 Å². The molecule has 2 aliphatic heterocycles. The van der Waals surface area contributed by atoms with Gasteiger partial charge >= 0.3 is 0 Å². The van der Waals surface area contributed by atoms with Gasteiger partial charge in [0.2, 0.25) is 0 Å². The molecular formula is C19H24FN3O. The number of halogens is 1. The lowest BCUT2D eigenvalue weighted by Crippen LogP contribution is -2.51. The van der Waals surface area contributed by atoms with E-state index in [-0.39, 0.29) is 11.7 Å². The van der Waals surface area contributed by atoms with Gasteiger partial charge in [-0.2, -0.15) is 0 Å². The van der Waals surface area contributed by atoms with Crippen molar-refractivity contribution < 1.29 is 9.18 Å². The lowest BCUT2D eigenvalue weighted by atomic mass is 9.83. The number of amides is 1. The van der Waals surface area contributed by atoms with E-state index >= 15 is 0 Å². The van der Waals surface area contributed by atoms with Gasteiger partial charge in [0, 0.05) is 23.5 Å². The third kappa shape index (κ3) is 3.05. The molecule has 24 heavy (non-hydrogen) atoms. The summed E-state index contributed by atoms with van der Waals surface area (Å²) in [5.74, 6) is 0.164. The van der Waals surface area contributed by atoms with Crippen molar-refractivity contribution in [1.29, 1.82) is 0 Å². The van der Waals surface area contributed by atoms with Crippen molar-refractivity contribution in [2.75, 3.05) is 19.6 Å². The highest BCUT2D eigenvalue weighted by Gasteiger charge is 2.33. The highest BCUT2D eigenvalue weighted by atomic mass is 19.1. The van der Waals surface area contributed by atoms with Gasteiger partial charge in [-0.3, -0.25) is 4.79 Å². The highest BCUT2D eigenvalue weighted by molar-refractivity contribution is 5.98. The zero-order valence-electron chi connectivity index (χ0n) is 13.9.